The number of hydrogen-bond donors (Lipinski definition) is 0. The molecule has 0 amide bonds. The summed E-state index contributed by atoms with van der Waals surface area (Å²) >= 11 is 0. The van der Waals surface area contributed by atoms with Crippen molar-refractivity contribution in [2.45, 2.75) is 12.7 Å². The number of fused-ring (bicyclic) bond motifs is 1. The van der Waals surface area contributed by atoms with E-state index in [2.05, 4.69) is 4.98 Å². The molecule has 27 heavy (non-hydrogen) atoms. The van der Waals surface area contributed by atoms with Crippen molar-refractivity contribution in [2.24, 2.45) is 7.05 Å². The number of pyridine rings is 1. The molecule has 0 atom stereocenters. The van der Waals surface area contributed by atoms with E-state index in [0.717, 1.165) is 15.2 Å². The number of aryl methyl sites for hydroxylation is 1. The maximum absolute atomic E-state index is 12.9. The van der Waals surface area contributed by atoms with Crippen LogP contribution < -0.4 is 16.0 Å². The van der Waals surface area contributed by atoms with Gasteiger partial charge in [0.15, 0.2) is 0 Å². The number of rotatable bonds is 4. The van der Waals surface area contributed by atoms with Crippen LogP contribution in [0.1, 0.15) is 5.69 Å². The molecule has 0 aliphatic carbocycles. The first-order chi connectivity index (χ1) is 12.7. The summed E-state index contributed by atoms with van der Waals surface area (Å²) in [4.78, 5) is 28.2. The van der Waals surface area contributed by atoms with Gasteiger partial charge in [-0.1, -0.05) is 0 Å². The third-order valence-corrected chi connectivity index (χ3v) is 3.87. The fourth-order valence-corrected chi connectivity index (χ4v) is 2.52. The summed E-state index contributed by atoms with van der Waals surface area (Å²) in [6.07, 6.45) is -4.69. The predicted octanol–water partition coefficient (Wildman–Crippen LogP) is 2.33. The molecule has 2 aromatic heterocycles. The van der Waals surface area contributed by atoms with Crippen LogP contribution in [0.15, 0.2) is 46.0 Å². The number of benzene rings is 1. The van der Waals surface area contributed by atoms with E-state index in [1.807, 2.05) is 0 Å². The molecule has 0 saturated heterocycles. The third-order valence-electron chi connectivity index (χ3n) is 3.87. The number of nitrogens with zero attached hydrogens (tertiary/aromatic N) is 3. The van der Waals surface area contributed by atoms with Crippen molar-refractivity contribution in [2.75, 3.05) is 6.61 Å². The highest BCUT2D eigenvalue weighted by Gasteiger charge is 2.33. The quantitative estimate of drug-likeness (QED) is 0.649. The molecule has 0 saturated carbocycles. The lowest BCUT2D eigenvalue weighted by Gasteiger charge is -2.12. The van der Waals surface area contributed by atoms with Crippen LogP contribution in [-0.4, -0.2) is 20.7 Å². The summed E-state index contributed by atoms with van der Waals surface area (Å²) < 4.78 is 58.4. The summed E-state index contributed by atoms with van der Waals surface area (Å²) in [6.45, 7) is -0.208. The monoisotopic (exact) mass is 383 g/mol. The van der Waals surface area contributed by atoms with Crippen molar-refractivity contribution >= 4 is 11.0 Å². The minimum absolute atomic E-state index is 0.0691. The zero-order valence-electron chi connectivity index (χ0n) is 14.0. The summed E-state index contributed by atoms with van der Waals surface area (Å²) in [6, 6.07) is 6.84. The number of alkyl halides is 3. The van der Waals surface area contributed by atoms with E-state index in [0.29, 0.717) is 11.8 Å². The maximum atomic E-state index is 12.9. The first-order valence-electron chi connectivity index (χ1n) is 7.74. The summed E-state index contributed by atoms with van der Waals surface area (Å²) in [5, 5.41) is -0.119. The highest BCUT2D eigenvalue weighted by molar-refractivity contribution is 5.74. The second-order valence-electron chi connectivity index (χ2n) is 5.67. The molecule has 0 radical (unpaired) electrons. The van der Waals surface area contributed by atoms with Gasteiger partial charge in [0.2, 0.25) is 0 Å². The zero-order valence-corrected chi connectivity index (χ0v) is 14.0. The van der Waals surface area contributed by atoms with Gasteiger partial charge < -0.3 is 4.74 Å². The molecule has 3 rings (SSSR count). The molecular formula is C17H13F4N3O3. The Morgan fingerprint density at radius 1 is 1.07 bits per heavy atom. The summed E-state index contributed by atoms with van der Waals surface area (Å²) in [5.41, 5.74) is -3.13. The average Bonchev–Trinajstić information content (AvgIpc) is 2.63. The van der Waals surface area contributed by atoms with Gasteiger partial charge in [-0.2, -0.15) is 13.2 Å². The van der Waals surface area contributed by atoms with E-state index in [9.17, 15) is 27.2 Å². The molecule has 0 aliphatic rings. The lowest BCUT2D eigenvalue weighted by molar-refractivity contribution is -0.141. The van der Waals surface area contributed by atoms with E-state index in [4.69, 9.17) is 4.74 Å². The Bertz CT molecular complexity index is 1100. The second-order valence-corrected chi connectivity index (χ2v) is 5.67. The molecule has 0 spiro atoms. The van der Waals surface area contributed by atoms with Crippen LogP contribution in [0.4, 0.5) is 17.6 Å². The van der Waals surface area contributed by atoms with Crippen LogP contribution in [0.25, 0.3) is 11.0 Å². The molecule has 0 unspecified atom stereocenters. The lowest BCUT2D eigenvalue weighted by Crippen LogP contribution is -2.40. The lowest BCUT2D eigenvalue weighted by atomic mass is 10.2. The van der Waals surface area contributed by atoms with Crippen molar-refractivity contribution in [3.8, 4) is 5.75 Å². The van der Waals surface area contributed by atoms with Crippen LogP contribution in [0.3, 0.4) is 0 Å². The van der Waals surface area contributed by atoms with Gasteiger partial charge in [-0.05, 0) is 36.4 Å². The molecule has 10 heteroatoms. The standard InChI is InChI=1S/C17H13F4N3O3/c1-23-14-12(6-7-13(22-14)17(19,20)21)15(25)24(16(23)26)8-9-27-11-4-2-10(18)3-5-11/h2-7H,8-9H2,1H3. The molecule has 0 aliphatic heterocycles. The highest BCUT2D eigenvalue weighted by Crippen LogP contribution is 2.28. The van der Waals surface area contributed by atoms with Crippen molar-refractivity contribution in [1.82, 2.24) is 14.1 Å². The minimum atomic E-state index is -4.69. The van der Waals surface area contributed by atoms with Crippen molar-refractivity contribution < 1.29 is 22.3 Å². The normalized spacial score (nSPS) is 11.7. The SMILES string of the molecule is Cn1c(=O)n(CCOc2ccc(F)cc2)c(=O)c2ccc(C(F)(F)F)nc21. The Hall–Kier alpha value is -3.17. The molecule has 0 bridgehead atoms. The van der Waals surface area contributed by atoms with Crippen LogP contribution in [0.5, 0.6) is 5.75 Å². The molecule has 142 valence electrons. The third kappa shape index (κ3) is 3.69. The maximum Gasteiger partial charge on any atom is 0.433 e. The topological polar surface area (TPSA) is 66.1 Å². The fraction of sp³-hybridized carbons (Fsp3) is 0.235. The Morgan fingerprint density at radius 3 is 2.37 bits per heavy atom. The molecule has 0 N–H and O–H groups in total. The number of hydrogen-bond acceptors (Lipinski definition) is 4. The smallest absolute Gasteiger partial charge is 0.433 e. The number of aromatic nitrogens is 3. The first-order valence-corrected chi connectivity index (χ1v) is 7.74. The fourth-order valence-electron chi connectivity index (χ4n) is 2.52. The van der Waals surface area contributed by atoms with E-state index in [-0.39, 0.29) is 24.2 Å². The van der Waals surface area contributed by atoms with E-state index < -0.39 is 28.9 Å². The number of halogens is 4. The van der Waals surface area contributed by atoms with Crippen molar-refractivity contribution in [1.29, 1.82) is 0 Å². The van der Waals surface area contributed by atoms with Crippen molar-refractivity contribution in [3.05, 3.63) is 68.7 Å². The molecular weight excluding hydrogens is 370 g/mol. The Labute approximate surface area is 149 Å². The molecule has 0 fully saturated rings. The van der Waals surface area contributed by atoms with Gasteiger partial charge in [0.05, 0.1) is 11.9 Å². The van der Waals surface area contributed by atoms with E-state index in [1.54, 1.807) is 0 Å². The van der Waals surface area contributed by atoms with Crippen LogP contribution >= 0.6 is 0 Å². The van der Waals surface area contributed by atoms with Gasteiger partial charge in [-0.25, -0.2) is 14.2 Å². The molecule has 3 aromatic rings. The zero-order chi connectivity index (χ0) is 19.8. The first kappa shape index (κ1) is 18.6. The minimum Gasteiger partial charge on any atom is -0.492 e. The Balaban J connectivity index is 1.93. The van der Waals surface area contributed by atoms with Gasteiger partial charge in [0, 0.05) is 7.05 Å². The van der Waals surface area contributed by atoms with Gasteiger partial charge in [-0.3, -0.25) is 13.9 Å². The van der Waals surface area contributed by atoms with Gasteiger partial charge in [-0.15, -0.1) is 0 Å². The molecule has 6 nitrogen and oxygen atoms in total. The van der Waals surface area contributed by atoms with E-state index in [1.165, 1.54) is 31.3 Å². The Kier molecular flexibility index (Phi) is 4.73. The van der Waals surface area contributed by atoms with Crippen LogP contribution in [0.2, 0.25) is 0 Å². The van der Waals surface area contributed by atoms with Gasteiger partial charge in [0.25, 0.3) is 5.56 Å². The van der Waals surface area contributed by atoms with E-state index >= 15 is 0 Å². The molecule has 2 heterocycles. The highest BCUT2D eigenvalue weighted by atomic mass is 19.4. The summed E-state index contributed by atoms with van der Waals surface area (Å²) in [5.74, 6) is -0.0914. The van der Waals surface area contributed by atoms with Gasteiger partial charge in [0.1, 0.15) is 29.5 Å². The average molecular weight is 383 g/mol. The second kappa shape index (κ2) is 6.86. The Morgan fingerprint density at radius 2 is 1.74 bits per heavy atom. The van der Waals surface area contributed by atoms with Crippen molar-refractivity contribution in [3.63, 3.8) is 0 Å². The molecule has 1 aromatic carbocycles. The predicted molar refractivity (Wildman–Crippen MR) is 88.1 cm³/mol. The van der Waals surface area contributed by atoms with Crippen LogP contribution in [0, 0.1) is 5.82 Å². The van der Waals surface area contributed by atoms with Gasteiger partial charge >= 0.3 is 11.9 Å². The van der Waals surface area contributed by atoms with Crippen LogP contribution in [-0.2, 0) is 19.8 Å². The largest absolute Gasteiger partial charge is 0.492 e. The number of ether oxygens (including phenoxy) is 1. The summed E-state index contributed by atoms with van der Waals surface area (Å²) in [7, 11) is 1.23.